The van der Waals surface area contributed by atoms with Gasteiger partial charge in [0.1, 0.15) is 0 Å². The highest BCUT2D eigenvalue weighted by molar-refractivity contribution is 6.17. The summed E-state index contributed by atoms with van der Waals surface area (Å²) < 4.78 is 9.99. The fourth-order valence-electron chi connectivity index (χ4n) is 1.53. The van der Waals surface area contributed by atoms with Crippen molar-refractivity contribution in [3.63, 3.8) is 0 Å². The first kappa shape index (κ1) is 14.1. The van der Waals surface area contributed by atoms with Crippen LogP contribution in [0.5, 0.6) is 0 Å². The highest BCUT2D eigenvalue weighted by atomic mass is 35.5. The van der Waals surface area contributed by atoms with Crippen LogP contribution in [0.3, 0.4) is 0 Å². The summed E-state index contributed by atoms with van der Waals surface area (Å²) in [7, 11) is 0. The monoisotopic (exact) mass is 258 g/mol. The summed E-state index contributed by atoms with van der Waals surface area (Å²) in [4.78, 5) is 11.3. The molecule has 1 heterocycles. The molecule has 0 saturated heterocycles. The number of carbonyl (C=O) groups is 1. The molecule has 0 aliphatic heterocycles. The molecule has 1 aromatic heterocycles. The molecule has 0 radical (unpaired) electrons. The lowest BCUT2D eigenvalue weighted by molar-refractivity contribution is 0.0461. The van der Waals surface area contributed by atoms with Gasteiger partial charge >= 0.3 is 5.97 Å². The number of esters is 1. The van der Waals surface area contributed by atoms with Crippen molar-refractivity contribution in [1.29, 1.82) is 0 Å². The van der Waals surface area contributed by atoms with Crippen LogP contribution in [0, 0.1) is 0 Å². The number of furan rings is 1. The first-order valence-electron chi connectivity index (χ1n) is 6.11. The van der Waals surface area contributed by atoms with E-state index in [0.29, 0.717) is 6.61 Å². The molecule has 0 spiro atoms. The zero-order valence-electron chi connectivity index (χ0n) is 9.99. The van der Waals surface area contributed by atoms with Crippen LogP contribution >= 0.6 is 11.6 Å². The summed E-state index contributed by atoms with van der Waals surface area (Å²) in [6.45, 7) is 0.467. The largest absolute Gasteiger partial charge is 0.460 e. The third-order valence-electron chi connectivity index (χ3n) is 2.48. The highest BCUT2D eigenvalue weighted by Crippen LogP contribution is 2.07. The van der Waals surface area contributed by atoms with Gasteiger partial charge in [-0.15, -0.1) is 11.6 Å². The molecular weight excluding hydrogens is 240 g/mol. The van der Waals surface area contributed by atoms with E-state index in [1.165, 1.54) is 25.5 Å². The van der Waals surface area contributed by atoms with Crippen LogP contribution in [0.15, 0.2) is 22.8 Å². The molecule has 0 aliphatic rings. The van der Waals surface area contributed by atoms with E-state index in [4.69, 9.17) is 20.8 Å². The van der Waals surface area contributed by atoms with Crippen molar-refractivity contribution in [2.45, 2.75) is 38.5 Å². The van der Waals surface area contributed by atoms with E-state index in [2.05, 4.69) is 0 Å². The van der Waals surface area contributed by atoms with Gasteiger partial charge in [-0.25, -0.2) is 4.79 Å². The molecule has 96 valence electrons. The number of carbonyl (C=O) groups excluding carboxylic acids is 1. The van der Waals surface area contributed by atoms with Crippen LogP contribution in [-0.2, 0) is 4.74 Å². The number of unbranched alkanes of at least 4 members (excludes halogenated alkanes) is 5. The van der Waals surface area contributed by atoms with E-state index >= 15 is 0 Å². The van der Waals surface area contributed by atoms with E-state index in [9.17, 15) is 4.79 Å². The topological polar surface area (TPSA) is 39.4 Å². The van der Waals surface area contributed by atoms with Crippen molar-refractivity contribution in [1.82, 2.24) is 0 Å². The maximum Gasteiger partial charge on any atom is 0.374 e. The van der Waals surface area contributed by atoms with Gasteiger partial charge in [-0.05, 0) is 25.0 Å². The van der Waals surface area contributed by atoms with Crippen molar-refractivity contribution >= 4 is 17.6 Å². The average Bonchev–Trinajstić information content (AvgIpc) is 2.86. The molecule has 0 saturated carbocycles. The summed E-state index contributed by atoms with van der Waals surface area (Å²) in [6.07, 6.45) is 8.13. The summed E-state index contributed by atoms with van der Waals surface area (Å²) in [5, 5.41) is 0. The molecule has 1 aromatic rings. The maximum atomic E-state index is 11.3. The molecule has 0 atom stereocenters. The fraction of sp³-hybridized carbons (Fsp3) is 0.615. The molecular formula is C13H19ClO3. The lowest BCUT2D eigenvalue weighted by Gasteiger charge is -2.02. The van der Waals surface area contributed by atoms with Gasteiger partial charge in [0.2, 0.25) is 5.76 Å². The highest BCUT2D eigenvalue weighted by Gasteiger charge is 2.08. The summed E-state index contributed by atoms with van der Waals surface area (Å²) in [5.74, 6) is 0.644. The number of rotatable bonds is 9. The van der Waals surface area contributed by atoms with E-state index < -0.39 is 0 Å². The summed E-state index contributed by atoms with van der Waals surface area (Å²) >= 11 is 5.58. The molecule has 0 N–H and O–H groups in total. The van der Waals surface area contributed by atoms with Crippen molar-refractivity contribution in [3.8, 4) is 0 Å². The minimum Gasteiger partial charge on any atom is -0.460 e. The van der Waals surface area contributed by atoms with E-state index in [1.54, 1.807) is 12.1 Å². The Morgan fingerprint density at radius 2 is 1.88 bits per heavy atom. The van der Waals surface area contributed by atoms with Crippen LogP contribution in [0.4, 0.5) is 0 Å². The van der Waals surface area contributed by atoms with Gasteiger partial charge in [0, 0.05) is 5.88 Å². The predicted octanol–water partition coefficient (Wildman–Crippen LogP) is 4.02. The van der Waals surface area contributed by atoms with Crippen LogP contribution < -0.4 is 0 Å². The molecule has 0 aromatic carbocycles. The Morgan fingerprint density at radius 3 is 2.53 bits per heavy atom. The molecule has 0 unspecified atom stereocenters. The standard InChI is InChI=1S/C13H19ClO3/c14-9-5-3-1-2-4-6-10-17-13(15)12-8-7-11-16-12/h7-8,11H,1-6,9-10H2. The Kier molecular flexibility index (Phi) is 7.56. The van der Waals surface area contributed by atoms with E-state index in [-0.39, 0.29) is 11.7 Å². The molecule has 0 aliphatic carbocycles. The van der Waals surface area contributed by atoms with Crippen LogP contribution in [0.1, 0.15) is 49.1 Å². The van der Waals surface area contributed by atoms with Crippen molar-refractivity contribution in [3.05, 3.63) is 24.2 Å². The van der Waals surface area contributed by atoms with Crippen molar-refractivity contribution < 1.29 is 13.9 Å². The lowest BCUT2D eigenvalue weighted by Crippen LogP contribution is -2.05. The Hall–Kier alpha value is -0.960. The van der Waals surface area contributed by atoms with Crippen molar-refractivity contribution in [2.24, 2.45) is 0 Å². The summed E-state index contributed by atoms with van der Waals surface area (Å²) in [6, 6.07) is 3.28. The summed E-state index contributed by atoms with van der Waals surface area (Å²) in [5.41, 5.74) is 0. The molecule has 3 nitrogen and oxygen atoms in total. The Morgan fingerprint density at radius 1 is 1.18 bits per heavy atom. The SMILES string of the molecule is O=C(OCCCCCCCCCl)c1ccco1. The van der Waals surface area contributed by atoms with Gasteiger partial charge in [-0.2, -0.15) is 0 Å². The minimum absolute atomic E-state index is 0.270. The van der Waals surface area contributed by atoms with Gasteiger partial charge in [0.25, 0.3) is 0 Å². The third-order valence-corrected chi connectivity index (χ3v) is 2.75. The molecule has 0 fully saturated rings. The number of hydrogen-bond acceptors (Lipinski definition) is 3. The minimum atomic E-state index is -0.378. The number of ether oxygens (including phenoxy) is 1. The van der Waals surface area contributed by atoms with Gasteiger partial charge < -0.3 is 9.15 Å². The smallest absolute Gasteiger partial charge is 0.374 e. The Balaban J connectivity index is 1.92. The Labute approximate surface area is 107 Å². The van der Waals surface area contributed by atoms with Gasteiger partial charge in [0.15, 0.2) is 0 Å². The number of hydrogen-bond donors (Lipinski definition) is 0. The Bertz CT molecular complexity index is 296. The molecule has 1 rings (SSSR count). The molecule has 4 heteroatoms. The number of alkyl halides is 1. The molecule has 17 heavy (non-hydrogen) atoms. The van der Waals surface area contributed by atoms with E-state index in [1.807, 2.05) is 0 Å². The normalized spacial score (nSPS) is 10.4. The lowest BCUT2D eigenvalue weighted by atomic mass is 10.1. The van der Waals surface area contributed by atoms with Crippen molar-refractivity contribution in [2.75, 3.05) is 12.5 Å². The zero-order valence-corrected chi connectivity index (χ0v) is 10.7. The fourth-order valence-corrected chi connectivity index (χ4v) is 1.72. The van der Waals surface area contributed by atoms with Gasteiger partial charge in [-0.1, -0.05) is 25.7 Å². The second kappa shape index (κ2) is 9.11. The van der Waals surface area contributed by atoms with E-state index in [0.717, 1.165) is 25.1 Å². The predicted molar refractivity (Wildman–Crippen MR) is 67.4 cm³/mol. The number of halogens is 1. The maximum absolute atomic E-state index is 11.3. The van der Waals surface area contributed by atoms with Crippen LogP contribution in [0.25, 0.3) is 0 Å². The zero-order chi connectivity index (χ0) is 12.3. The quantitative estimate of drug-likeness (QED) is 0.382. The van der Waals surface area contributed by atoms with Crippen LogP contribution in [0.2, 0.25) is 0 Å². The average molecular weight is 259 g/mol. The molecule has 0 amide bonds. The second-order valence-corrected chi connectivity index (χ2v) is 4.30. The molecule has 0 bridgehead atoms. The van der Waals surface area contributed by atoms with Gasteiger partial charge in [-0.3, -0.25) is 0 Å². The first-order chi connectivity index (χ1) is 8.34. The second-order valence-electron chi connectivity index (χ2n) is 3.92. The third kappa shape index (κ3) is 6.37. The van der Waals surface area contributed by atoms with Crippen LogP contribution in [-0.4, -0.2) is 18.5 Å². The first-order valence-corrected chi connectivity index (χ1v) is 6.64. The van der Waals surface area contributed by atoms with Gasteiger partial charge in [0.05, 0.1) is 12.9 Å².